The molecule has 8 atom stereocenters. The van der Waals surface area contributed by atoms with Crippen molar-refractivity contribution in [2.75, 3.05) is 45.9 Å². The molecule has 0 bridgehead atoms. The van der Waals surface area contributed by atoms with E-state index in [1.54, 1.807) is 24.3 Å². The molecule has 0 unspecified atom stereocenters. The average Bonchev–Trinajstić information content (AvgIpc) is 3.40. The lowest BCUT2D eigenvalue weighted by molar-refractivity contribution is -0.136. The summed E-state index contributed by atoms with van der Waals surface area (Å²) in [6.45, 7) is -0.207. The number of hydrogen-bond acceptors (Lipinski definition) is 16. The van der Waals surface area contributed by atoms with E-state index in [0.29, 0.717) is 25.7 Å². The van der Waals surface area contributed by atoms with E-state index in [1.165, 1.54) is 0 Å². The minimum atomic E-state index is -1.64. The monoisotopic (exact) mass is 1130 g/mol. The van der Waals surface area contributed by atoms with Crippen LogP contribution in [0.4, 0.5) is 0 Å². The topological polar surface area (TPSA) is 603 Å². The number of aliphatic hydroxyl groups is 1. The van der Waals surface area contributed by atoms with Crippen LogP contribution in [0.25, 0.3) is 0 Å². The van der Waals surface area contributed by atoms with E-state index in [4.69, 9.17) is 68.8 Å². The number of nitrogens with one attached hydrogen (secondary N) is 7. The van der Waals surface area contributed by atoms with E-state index >= 15 is 0 Å². The molecule has 0 aliphatic rings. The average molecular weight is 1130 g/mol. The van der Waals surface area contributed by atoms with Crippen LogP contribution in [0.5, 0.6) is 0 Å². The molecule has 0 spiro atoms. The molecule has 1 aromatic carbocycles. The van der Waals surface area contributed by atoms with E-state index in [9.17, 15) is 43.5 Å². The van der Waals surface area contributed by atoms with Crippen molar-refractivity contribution in [2.24, 2.45) is 88.8 Å². The van der Waals surface area contributed by atoms with Gasteiger partial charge in [0.05, 0.1) is 12.6 Å². The van der Waals surface area contributed by atoms with Crippen molar-refractivity contribution in [3.8, 4) is 0 Å². The highest BCUT2D eigenvalue weighted by Gasteiger charge is 2.34. The number of aliphatic hydroxyl groups excluding tert-OH is 1. The van der Waals surface area contributed by atoms with Crippen LogP contribution in [-0.4, -0.2) is 170 Å². The van der Waals surface area contributed by atoms with Gasteiger partial charge in [0.25, 0.3) is 0 Å². The number of carbonyl (C=O) groups is 8. The van der Waals surface area contributed by atoms with E-state index in [-0.39, 0.29) is 134 Å². The maximum Gasteiger partial charge on any atom is 0.245 e. The third kappa shape index (κ3) is 30.7. The predicted molar refractivity (Wildman–Crippen MR) is 303 cm³/mol. The van der Waals surface area contributed by atoms with Gasteiger partial charge >= 0.3 is 0 Å². The molecule has 80 heavy (non-hydrogen) atoms. The highest BCUT2D eigenvalue weighted by atomic mass is 16.3. The second-order valence-corrected chi connectivity index (χ2v) is 18.7. The highest BCUT2D eigenvalue weighted by molar-refractivity contribution is 5.98. The summed E-state index contributed by atoms with van der Waals surface area (Å²) in [6, 6.07) is -1.63. The lowest BCUT2D eigenvalue weighted by Gasteiger charge is -2.28. The molecule has 0 saturated heterocycles. The van der Waals surface area contributed by atoms with Gasteiger partial charge in [0.1, 0.15) is 42.3 Å². The van der Waals surface area contributed by atoms with Gasteiger partial charge < -0.3 is 111 Å². The number of aliphatic imine (C=N–C) groups is 4. The van der Waals surface area contributed by atoms with Crippen molar-refractivity contribution in [1.29, 1.82) is 0 Å². The number of hydrogen-bond donors (Lipinski definition) is 20. The summed E-state index contributed by atoms with van der Waals surface area (Å²) in [6.07, 6.45) is 2.22. The first-order valence-electron chi connectivity index (χ1n) is 26.5. The molecule has 0 aliphatic carbocycles. The molecule has 0 radical (unpaired) electrons. The number of nitrogens with zero attached hydrogens (tertiary/aromatic N) is 4. The zero-order chi connectivity index (χ0) is 60.0. The fourth-order valence-electron chi connectivity index (χ4n) is 7.70. The van der Waals surface area contributed by atoms with Crippen LogP contribution in [0, 0.1) is 0 Å². The molecule has 8 amide bonds. The van der Waals surface area contributed by atoms with E-state index in [2.05, 4.69) is 57.2 Å². The Morgan fingerprint density at radius 3 is 0.963 bits per heavy atom. The van der Waals surface area contributed by atoms with Crippen LogP contribution in [0.2, 0.25) is 0 Å². The maximum absolute atomic E-state index is 14.4. The Hall–Kier alpha value is -8.10. The summed E-state index contributed by atoms with van der Waals surface area (Å²) in [5.74, 6) is -7.60. The maximum atomic E-state index is 14.4. The number of amides is 8. The highest BCUT2D eigenvalue weighted by Crippen LogP contribution is 2.11. The van der Waals surface area contributed by atoms with Crippen LogP contribution in [0.1, 0.15) is 95.5 Å². The molecule has 450 valence electrons. The van der Waals surface area contributed by atoms with E-state index in [0.717, 1.165) is 5.56 Å². The minimum Gasteiger partial charge on any atom is -0.394 e. The zero-order valence-corrected chi connectivity index (χ0v) is 45.5. The van der Waals surface area contributed by atoms with Crippen molar-refractivity contribution < 1.29 is 43.5 Å². The number of benzene rings is 1. The molecule has 1 aromatic rings. The molecular weight excluding hydrogens is 1040 g/mol. The molecule has 32 N–H and O–H groups in total. The van der Waals surface area contributed by atoms with Crippen molar-refractivity contribution in [2.45, 2.75) is 145 Å². The normalized spacial score (nSPS) is 13.8. The van der Waals surface area contributed by atoms with Gasteiger partial charge in [-0.15, -0.1) is 0 Å². The third-order valence-electron chi connectivity index (χ3n) is 12.0. The Kier molecular flexibility index (Phi) is 35.1. The van der Waals surface area contributed by atoms with Crippen LogP contribution >= 0.6 is 0 Å². The molecule has 1 rings (SSSR count). The van der Waals surface area contributed by atoms with Gasteiger partial charge in [-0.25, -0.2) is 0 Å². The number of rotatable bonds is 42. The number of carbonyl (C=O) groups excluding carboxylic acids is 8. The van der Waals surface area contributed by atoms with Gasteiger partial charge in [0.2, 0.25) is 47.3 Å². The first-order chi connectivity index (χ1) is 38.0. The van der Waals surface area contributed by atoms with Crippen LogP contribution in [-0.2, 0) is 44.8 Å². The van der Waals surface area contributed by atoms with Gasteiger partial charge in [-0.3, -0.25) is 58.3 Å². The van der Waals surface area contributed by atoms with Gasteiger partial charge in [-0.1, -0.05) is 30.3 Å². The van der Waals surface area contributed by atoms with Gasteiger partial charge in [-0.2, -0.15) is 0 Å². The first kappa shape index (κ1) is 69.9. The molecule has 0 heterocycles. The summed E-state index contributed by atoms with van der Waals surface area (Å²) in [4.78, 5) is 126. The number of guanidine groups is 4. The Morgan fingerprint density at radius 2 is 0.662 bits per heavy atom. The molecule has 32 heteroatoms. The Bertz CT molecular complexity index is 2200. The van der Waals surface area contributed by atoms with Crippen LogP contribution in [0.3, 0.4) is 0 Å². The van der Waals surface area contributed by atoms with Crippen molar-refractivity contribution in [3.05, 3.63) is 35.9 Å². The first-order valence-corrected chi connectivity index (χ1v) is 26.5. The number of nitrogens with two attached hydrogens (primary N) is 12. The summed E-state index contributed by atoms with van der Waals surface area (Å²) in [5.41, 5.74) is 67.9. The van der Waals surface area contributed by atoms with Gasteiger partial charge in [0.15, 0.2) is 23.8 Å². The SMILES string of the molecule is NCCCC[C@H](NC(=O)[C@H](CCCN=C(N)N)NC(=O)[C@H](CCCCN)NC(=O)[C@H](CCCN=C(N)N)NC(=O)[C@@H](N)Cc1ccccc1)C(=O)N[C@@H](CCCN=C(N)N)C(=O)N[C@@H](CO)C(=O)N[C@@H](CCCN=C(N)N)C(N)=O. The molecule has 0 saturated carbocycles. The Labute approximate surface area is 465 Å². The summed E-state index contributed by atoms with van der Waals surface area (Å²) in [7, 11) is 0. The summed E-state index contributed by atoms with van der Waals surface area (Å²) >= 11 is 0. The fourth-order valence-corrected chi connectivity index (χ4v) is 7.70. The lowest BCUT2D eigenvalue weighted by atomic mass is 10.0. The zero-order valence-electron chi connectivity index (χ0n) is 45.5. The predicted octanol–water partition coefficient (Wildman–Crippen LogP) is -8.10. The summed E-state index contributed by atoms with van der Waals surface area (Å²) in [5, 5.41) is 28.4. The quantitative estimate of drug-likeness (QED) is 0.0164. The Morgan fingerprint density at radius 1 is 0.388 bits per heavy atom. The smallest absolute Gasteiger partial charge is 0.245 e. The third-order valence-corrected chi connectivity index (χ3v) is 12.0. The van der Waals surface area contributed by atoms with Gasteiger partial charge in [0, 0.05) is 26.2 Å². The fraction of sp³-hybridized carbons (Fsp3) is 0.625. The number of unbranched alkanes of at least 4 members (excludes halogenated alkanes) is 2. The van der Waals surface area contributed by atoms with Crippen molar-refractivity contribution in [1.82, 2.24) is 37.2 Å². The Balaban J connectivity index is 3.59. The molecule has 0 fully saturated rings. The standard InChI is InChI=1S/C48H89N23O9/c49-20-6-4-14-31(67-41(77)33(17-9-23-62-46(55)56)66-38(74)29(51)26-28-12-2-1-3-13-28)39(75)69-34(18-10-24-63-47(57)58)42(78)68-32(15-5-7-21-50)40(76)70-35(19-11-25-64-48(59)60)43(79)71-36(27-72)44(80)65-30(37(52)73)16-8-22-61-45(53)54/h1-3,12-13,29-36,72H,4-11,14-27,49-51H2,(H2,52,73)(H,65,80)(H,66,74)(H,67,77)(H,68,78)(H,69,75)(H,70,76)(H,71,79)(H4,53,54,61)(H4,55,56,62)(H4,57,58,63)(H4,59,60,64)/t29-,30-,31-,32-,33-,34-,35-,36-/m0/s1. The minimum absolute atomic E-state index is 0.00848. The van der Waals surface area contributed by atoms with Crippen LogP contribution in [0.15, 0.2) is 50.3 Å². The lowest BCUT2D eigenvalue weighted by Crippen LogP contribution is -2.60. The van der Waals surface area contributed by atoms with Crippen LogP contribution < -0.4 is 106 Å². The summed E-state index contributed by atoms with van der Waals surface area (Å²) < 4.78 is 0. The van der Waals surface area contributed by atoms with Gasteiger partial charge in [-0.05, 0) is 115 Å². The second kappa shape index (κ2) is 40.1. The van der Waals surface area contributed by atoms with Crippen molar-refractivity contribution in [3.63, 3.8) is 0 Å². The largest absolute Gasteiger partial charge is 0.394 e. The molecular formula is C48H89N23O9. The van der Waals surface area contributed by atoms with Crippen molar-refractivity contribution >= 4 is 71.1 Å². The van der Waals surface area contributed by atoms with E-state index in [1.807, 2.05) is 6.07 Å². The van der Waals surface area contributed by atoms with E-state index < -0.39 is 102 Å². The molecule has 32 nitrogen and oxygen atoms in total. The second-order valence-electron chi connectivity index (χ2n) is 18.7. The molecule has 0 aromatic heterocycles. The molecule has 0 aliphatic heterocycles. The number of primary amides is 1.